The molecule has 1 aliphatic carbocycles. The number of hydrogen-bond acceptors (Lipinski definition) is 2. The molecule has 0 aromatic heterocycles. The Balaban J connectivity index is 1.88. The lowest BCUT2D eigenvalue weighted by Gasteiger charge is -2.18. The molecular weight excluding hydrogens is 234 g/mol. The molecule has 0 bridgehead atoms. The minimum absolute atomic E-state index is 0.0799. The van der Waals surface area contributed by atoms with Crippen molar-refractivity contribution in [3.63, 3.8) is 0 Å². The van der Waals surface area contributed by atoms with Gasteiger partial charge in [-0.05, 0) is 37.0 Å². The molecule has 19 heavy (non-hydrogen) atoms. The first-order valence-electron chi connectivity index (χ1n) is 6.82. The number of para-hydroxylation sites is 1. The third-order valence-electron chi connectivity index (χ3n) is 3.90. The van der Waals surface area contributed by atoms with E-state index in [0.29, 0.717) is 6.04 Å². The summed E-state index contributed by atoms with van der Waals surface area (Å²) in [6.07, 6.45) is 2.26. The summed E-state index contributed by atoms with van der Waals surface area (Å²) in [7, 11) is 0. The van der Waals surface area contributed by atoms with Gasteiger partial charge in [-0.1, -0.05) is 42.0 Å². The Kier molecular flexibility index (Phi) is 3.26. The number of nitrogens with one attached hydrogen (secondary N) is 1. The highest BCUT2D eigenvalue weighted by Crippen LogP contribution is 2.35. The van der Waals surface area contributed by atoms with Crippen molar-refractivity contribution in [1.29, 1.82) is 0 Å². The van der Waals surface area contributed by atoms with E-state index in [-0.39, 0.29) is 6.61 Å². The second-order valence-electron chi connectivity index (χ2n) is 5.25. The molecule has 2 nitrogen and oxygen atoms in total. The Morgan fingerprint density at radius 1 is 1.21 bits per heavy atom. The summed E-state index contributed by atoms with van der Waals surface area (Å²) < 4.78 is 0. The average Bonchev–Trinajstić information content (AvgIpc) is 2.82. The second kappa shape index (κ2) is 5.06. The summed E-state index contributed by atoms with van der Waals surface area (Å²) in [5.41, 5.74) is 6.17. The number of benzene rings is 2. The van der Waals surface area contributed by atoms with Crippen molar-refractivity contribution >= 4 is 5.69 Å². The smallest absolute Gasteiger partial charge is 0.0701 e. The van der Waals surface area contributed by atoms with Gasteiger partial charge >= 0.3 is 0 Å². The molecule has 0 saturated carbocycles. The Bertz CT molecular complexity index is 592. The molecule has 3 rings (SSSR count). The Morgan fingerprint density at radius 2 is 2.05 bits per heavy atom. The van der Waals surface area contributed by atoms with E-state index in [9.17, 15) is 5.11 Å². The highest BCUT2D eigenvalue weighted by atomic mass is 16.3. The van der Waals surface area contributed by atoms with Crippen LogP contribution in [-0.2, 0) is 13.0 Å². The van der Waals surface area contributed by atoms with Crippen molar-refractivity contribution in [2.75, 3.05) is 5.32 Å². The first-order chi connectivity index (χ1) is 9.28. The van der Waals surface area contributed by atoms with Crippen LogP contribution >= 0.6 is 0 Å². The number of aliphatic hydroxyl groups is 1. The van der Waals surface area contributed by atoms with Gasteiger partial charge in [-0.15, -0.1) is 0 Å². The van der Waals surface area contributed by atoms with Crippen molar-refractivity contribution in [2.45, 2.75) is 32.4 Å². The maximum Gasteiger partial charge on any atom is 0.0701 e. The summed E-state index contributed by atoms with van der Waals surface area (Å²) in [5, 5.41) is 13.0. The highest BCUT2D eigenvalue weighted by Gasteiger charge is 2.22. The minimum atomic E-state index is 0.0799. The SMILES string of the molecule is Cc1ccc2c(c1)C(Nc1ccccc1CO)CC2. The van der Waals surface area contributed by atoms with Crippen LogP contribution in [0.4, 0.5) is 5.69 Å². The number of aliphatic hydroxyl groups excluding tert-OH is 1. The predicted octanol–water partition coefficient (Wildman–Crippen LogP) is 3.59. The minimum Gasteiger partial charge on any atom is -0.392 e. The fourth-order valence-corrected chi connectivity index (χ4v) is 2.86. The van der Waals surface area contributed by atoms with Gasteiger partial charge in [0.2, 0.25) is 0 Å². The van der Waals surface area contributed by atoms with E-state index in [1.165, 1.54) is 16.7 Å². The quantitative estimate of drug-likeness (QED) is 0.876. The highest BCUT2D eigenvalue weighted by molar-refractivity contribution is 5.54. The van der Waals surface area contributed by atoms with Crippen molar-refractivity contribution in [3.8, 4) is 0 Å². The second-order valence-corrected chi connectivity index (χ2v) is 5.25. The van der Waals surface area contributed by atoms with E-state index < -0.39 is 0 Å². The van der Waals surface area contributed by atoms with Crippen LogP contribution in [-0.4, -0.2) is 5.11 Å². The van der Waals surface area contributed by atoms with Crippen LogP contribution < -0.4 is 5.32 Å². The summed E-state index contributed by atoms with van der Waals surface area (Å²) in [4.78, 5) is 0. The summed E-state index contributed by atoms with van der Waals surface area (Å²) in [6.45, 7) is 2.22. The maximum atomic E-state index is 9.39. The fraction of sp³-hybridized carbons (Fsp3) is 0.294. The zero-order valence-electron chi connectivity index (χ0n) is 11.2. The number of anilines is 1. The lowest BCUT2D eigenvalue weighted by Crippen LogP contribution is -2.09. The number of aryl methyl sites for hydroxylation is 2. The summed E-state index contributed by atoms with van der Waals surface area (Å²) in [5.74, 6) is 0. The third kappa shape index (κ3) is 2.36. The molecule has 0 saturated heterocycles. The van der Waals surface area contributed by atoms with Crippen molar-refractivity contribution in [1.82, 2.24) is 0 Å². The Hall–Kier alpha value is -1.80. The van der Waals surface area contributed by atoms with E-state index in [0.717, 1.165) is 24.1 Å². The van der Waals surface area contributed by atoms with Crippen LogP contribution in [0.5, 0.6) is 0 Å². The molecule has 0 spiro atoms. The molecular formula is C17H19NO. The first-order valence-corrected chi connectivity index (χ1v) is 6.82. The van der Waals surface area contributed by atoms with E-state index in [4.69, 9.17) is 0 Å². The van der Waals surface area contributed by atoms with Crippen LogP contribution in [0.3, 0.4) is 0 Å². The van der Waals surface area contributed by atoms with Gasteiger partial charge < -0.3 is 10.4 Å². The van der Waals surface area contributed by atoms with Crippen LogP contribution in [0.1, 0.15) is 34.7 Å². The van der Waals surface area contributed by atoms with E-state index >= 15 is 0 Å². The van der Waals surface area contributed by atoms with Gasteiger partial charge in [-0.3, -0.25) is 0 Å². The number of fused-ring (bicyclic) bond motifs is 1. The molecule has 2 heteroatoms. The van der Waals surface area contributed by atoms with Crippen LogP contribution in [0, 0.1) is 6.92 Å². The molecule has 0 aliphatic heterocycles. The van der Waals surface area contributed by atoms with Crippen LogP contribution in [0.15, 0.2) is 42.5 Å². The van der Waals surface area contributed by atoms with Crippen LogP contribution in [0.2, 0.25) is 0 Å². The topological polar surface area (TPSA) is 32.3 Å². The Labute approximate surface area is 114 Å². The zero-order chi connectivity index (χ0) is 13.2. The molecule has 2 aromatic carbocycles. The van der Waals surface area contributed by atoms with Gasteiger partial charge in [0.05, 0.1) is 12.6 Å². The van der Waals surface area contributed by atoms with Gasteiger partial charge in [-0.2, -0.15) is 0 Å². The first kappa shape index (κ1) is 12.2. The fourth-order valence-electron chi connectivity index (χ4n) is 2.86. The van der Waals surface area contributed by atoms with Gasteiger partial charge in [0.15, 0.2) is 0 Å². The number of hydrogen-bond donors (Lipinski definition) is 2. The molecule has 2 N–H and O–H groups in total. The van der Waals surface area contributed by atoms with E-state index in [1.54, 1.807) is 0 Å². The lowest BCUT2D eigenvalue weighted by molar-refractivity contribution is 0.282. The normalized spacial score (nSPS) is 17.3. The third-order valence-corrected chi connectivity index (χ3v) is 3.90. The molecule has 0 fully saturated rings. The van der Waals surface area contributed by atoms with E-state index in [1.807, 2.05) is 24.3 Å². The standard InChI is InChI=1S/C17H19NO/c1-12-6-7-13-8-9-17(15(13)10-12)18-16-5-3-2-4-14(16)11-19/h2-7,10,17-19H,8-9,11H2,1H3. The molecule has 0 radical (unpaired) electrons. The molecule has 98 valence electrons. The van der Waals surface area contributed by atoms with Gasteiger partial charge in [-0.25, -0.2) is 0 Å². The monoisotopic (exact) mass is 253 g/mol. The van der Waals surface area contributed by atoms with Crippen molar-refractivity contribution in [2.24, 2.45) is 0 Å². The zero-order valence-corrected chi connectivity index (χ0v) is 11.2. The van der Waals surface area contributed by atoms with Gasteiger partial charge in [0.25, 0.3) is 0 Å². The molecule has 2 aromatic rings. The van der Waals surface area contributed by atoms with Crippen molar-refractivity contribution in [3.05, 3.63) is 64.7 Å². The molecule has 1 aliphatic rings. The number of rotatable bonds is 3. The lowest BCUT2D eigenvalue weighted by atomic mass is 10.0. The summed E-state index contributed by atoms with van der Waals surface area (Å²) in [6, 6.07) is 15.0. The Morgan fingerprint density at radius 3 is 2.89 bits per heavy atom. The average molecular weight is 253 g/mol. The van der Waals surface area contributed by atoms with Crippen molar-refractivity contribution < 1.29 is 5.11 Å². The van der Waals surface area contributed by atoms with Crippen LogP contribution in [0.25, 0.3) is 0 Å². The maximum absolute atomic E-state index is 9.39. The van der Waals surface area contributed by atoms with E-state index in [2.05, 4.69) is 30.4 Å². The molecule has 0 heterocycles. The molecule has 1 unspecified atom stereocenters. The largest absolute Gasteiger partial charge is 0.392 e. The predicted molar refractivity (Wildman–Crippen MR) is 78.2 cm³/mol. The summed E-state index contributed by atoms with van der Waals surface area (Å²) >= 11 is 0. The molecule has 1 atom stereocenters. The molecule has 0 amide bonds. The van der Waals surface area contributed by atoms with Gasteiger partial charge in [0.1, 0.15) is 0 Å². The van der Waals surface area contributed by atoms with Gasteiger partial charge in [0, 0.05) is 11.3 Å².